The summed E-state index contributed by atoms with van der Waals surface area (Å²) in [6.45, 7) is 8.19. The lowest BCUT2D eigenvalue weighted by Gasteiger charge is -2.06. The lowest BCUT2D eigenvalue weighted by atomic mass is 10.0. The van der Waals surface area contributed by atoms with Crippen LogP contribution in [0, 0.1) is 27.7 Å². The van der Waals surface area contributed by atoms with E-state index >= 15 is 0 Å². The van der Waals surface area contributed by atoms with E-state index in [1.54, 1.807) is 17.4 Å². The summed E-state index contributed by atoms with van der Waals surface area (Å²) in [5.41, 5.74) is 6.11. The molecule has 3 rings (SSSR count). The molecule has 3 aromatic rings. The number of carboxylic acids is 1. The summed E-state index contributed by atoms with van der Waals surface area (Å²) < 4.78 is 2.04. The quantitative estimate of drug-likeness (QED) is 0.726. The Morgan fingerprint density at radius 3 is 2.65 bits per heavy atom. The zero-order chi connectivity index (χ0) is 16.7. The molecule has 1 aromatic carbocycles. The van der Waals surface area contributed by atoms with Gasteiger partial charge in [0.2, 0.25) is 0 Å². The lowest BCUT2D eigenvalue weighted by molar-refractivity contribution is -0.131. The van der Waals surface area contributed by atoms with E-state index < -0.39 is 5.97 Å². The molecule has 2 heterocycles. The van der Waals surface area contributed by atoms with Crippen LogP contribution in [0.4, 0.5) is 0 Å². The van der Waals surface area contributed by atoms with Gasteiger partial charge in [0, 0.05) is 22.2 Å². The van der Waals surface area contributed by atoms with Gasteiger partial charge in [0.15, 0.2) is 4.96 Å². The molecule has 0 saturated heterocycles. The number of aromatic nitrogens is 2. The number of fused-ring (bicyclic) bond motifs is 1. The van der Waals surface area contributed by atoms with E-state index in [2.05, 4.69) is 39.0 Å². The van der Waals surface area contributed by atoms with Crippen molar-refractivity contribution >= 4 is 28.3 Å². The average Bonchev–Trinajstić information content (AvgIpc) is 2.94. The molecule has 0 saturated carbocycles. The molecule has 118 valence electrons. The van der Waals surface area contributed by atoms with E-state index in [0.29, 0.717) is 0 Å². The molecule has 0 atom stereocenters. The summed E-state index contributed by atoms with van der Waals surface area (Å²) in [7, 11) is 0. The van der Waals surface area contributed by atoms with Crippen molar-refractivity contribution in [3.8, 4) is 11.3 Å². The summed E-state index contributed by atoms with van der Waals surface area (Å²) in [6.07, 6.45) is 2.80. The standard InChI is InChI=1S/C18H18N2O2S/c1-10-5-6-14(11(2)9-10)17-15(7-8-16(21)22)20-12(3)13(4)23-18(20)19-17/h5-9H,1-4H3,(H,21,22)/b8-7+. The molecule has 2 aromatic heterocycles. The van der Waals surface area contributed by atoms with E-state index in [9.17, 15) is 4.79 Å². The number of hydrogen-bond acceptors (Lipinski definition) is 3. The first-order chi connectivity index (χ1) is 10.9. The van der Waals surface area contributed by atoms with Gasteiger partial charge in [0.1, 0.15) is 0 Å². The van der Waals surface area contributed by atoms with E-state index in [1.807, 2.05) is 11.3 Å². The van der Waals surface area contributed by atoms with Crippen LogP contribution in [0.1, 0.15) is 27.4 Å². The molecule has 1 N–H and O–H groups in total. The van der Waals surface area contributed by atoms with Crippen molar-refractivity contribution in [2.45, 2.75) is 27.7 Å². The van der Waals surface area contributed by atoms with Crippen molar-refractivity contribution in [3.63, 3.8) is 0 Å². The highest BCUT2D eigenvalue weighted by molar-refractivity contribution is 7.17. The van der Waals surface area contributed by atoms with Gasteiger partial charge in [-0.1, -0.05) is 23.8 Å². The van der Waals surface area contributed by atoms with Crippen LogP contribution in [-0.2, 0) is 4.79 Å². The number of thiazole rings is 1. The first-order valence-corrected chi connectivity index (χ1v) is 8.17. The Labute approximate surface area is 138 Å². The van der Waals surface area contributed by atoms with Crippen LogP contribution in [0.15, 0.2) is 24.3 Å². The minimum Gasteiger partial charge on any atom is -0.478 e. The largest absolute Gasteiger partial charge is 0.478 e. The van der Waals surface area contributed by atoms with Crippen LogP contribution in [0.3, 0.4) is 0 Å². The zero-order valence-electron chi connectivity index (χ0n) is 13.5. The molecule has 0 aliphatic carbocycles. The summed E-state index contributed by atoms with van der Waals surface area (Å²) >= 11 is 1.62. The van der Waals surface area contributed by atoms with Crippen molar-refractivity contribution in [2.75, 3.05) is 0 Å². The van der Waals surface area contributed by atoms with Gasteiger partial charge in [-0.3, -0.25) is 4.40 Å². The van der Waals surface area contributed by atoms with Crippen molar-refractivity contribution in [3.05, 3.63) is 51.7 Å². The number of benzene rings is 1. The van der Waals surface area contributed by atoms with E-state index in [0.717, 1.165) is 33.2 Å². The van der Waals surface area contributed by atoms with Crippen LogP contribution in [-0.4, -0.2) is 20.5 Å². The van der Waals surface area contributed by atoms with Crippen molar-refractivity contribution in [2.24, 2.45) is 0 Å². The fourth-order valence-corrected chi connectivity index (χ4v) is 3.73. The molecule has 0 bridgehead atoms. The summed E-state index contributed by atoms with van der Waals surface area (Å²) in [6, 6.07) is 6.22. The Kier molecular flexibility index (Phi) is 3.82. The summed E-state index contributed by atoms with van der Waals surface area (Å²) in [4.78, 5) is 17.8. The number of rotatable bonds is 3. The zero-order valence-corrected chi connectivity index (χ0v) is 14.4. The normalized spacial score (nSPS) is 11.7. The third kappa shape index (κ3) is 2.68. The number of aliphatic carboxylic acids is 1. The maximum atomic E-state index is 11.0. The minimum absolute atomic E-state index is 0.816. The number of aryl methyl sites for hydroxylation is 4. The molecule has 0 amide bonds. The van der Waals surface area contributed by atoms with Crippen molar-refractivity contribution in [1.29, 1.82) is 0 Å². The van der Waals surface area contributed by atoms with Gasteiger partial charge in [0.25, 0.3) is 0 Å². The van der Waals surface area contributed by atoms with Crippen LogP contribution < -0.4 is 0 Å². The van der Waals surface area contributed by atoms with Gasteiger partial charge in [0.05, 0.1) is 11.4 Å². The first kappa shape index (κ1) is 15.5. The third-order valence-electron chi connectivity index (χ3n) is 3.99. The number of imidazole rings is 1. The van der Waals surface area contributed by atoms with Crippen LogP contribution in [0.25, 0.3) is 22.3 Å². The van der Waals surface area contributed by atoms with Crippen LogP contribution in [0.5, 0.6) is 0 Å². The molecule has 0 unspecified atom stereocenters. The maximum absolute atomic E-state index is 11.0. The summed E-state index contributed by atoms with van der Waals surface area (Å²) in [5.74, 6) is -0.962. The van der Waals surface area contributed by atoms with Crippen LogP contribution >= 0.6 is 11.3 Å². The van der Waals surface area contributed by atoms with Crippen LogP contribution in [0.2, 0.25) is 0 Å². The highest BCUT2D eigenvalue weighted by Gasteiger charge is 2.18. The highest BCUT2D eigenvalue weighted by atomic mass is 32.1. The van der Waals surface area contributed by atoms with Gasteiger partial charge in [-0.2, -0.15) is 0 Å². The van der Waals surface area contributed by atoms with E-state index in [-0.39, 0.29) is 0 Å². The van der Waals surface area contributed by atoms with E-state index in [1.165, 1.54) is 16.5 Å². The Morgan fingerprint density at radius 1 is 1.26 bits per heavy atom. The number of hydrogen-bond donors (Lipinski definition) is 1. The Bertz CT molecular complexity index is 948. The first-order valence-electron chi connectivity index (χ1n) is 7.35. The van der Waals surface area contributed by atoms with Gasteiger partial charge in [-0.15, -0.1) is 11.3 Å². The second-order valence-electron chi connectivity index (χ2n) is 5.70. The molecule has 0 radical (unpaired) electrons. The minimum atomic E-state index is -0.962. The molecule has 23 heavy (non-hydrogen) atoms. The fourth-order valence-electron chi connectivity index (χ4n) is 2.75. The average molecular weight is 326 g/mol. The summed E-state index contributed by atoms with van der Waals surface area (Å²) in [5, 5.41) is 9.00. The van der Waals surface area contributed by atoms with Gasteiger partial charge in [-0.05, 0) is 39.3 Å². The molecule has 0 spiro atoms. The SMILES string of the molecule is Cc1ccc(-c2nc3sc(C)c(C)n3c2/C=C/C(=O)O)c(C)c1. The molecule has 5 heteroatoms. The second kappa shape index (κ2) is 5.66. The predicted octanol–water partition coefficient (Wildman–Crippen LogP) is 4.39. The monoisotopic (exact) mass is 326 g/mol. The smallest absolute Gasteiger partial charge is 0.328 e. The third-order valence-corrected chi connectivity index (χ3v) is 5.05. The molecular weight excluding hydrogens is 308 g/mol. The maximum Gasteiger partial charge on any atom is 0.328 e. The predicted molar refractivity (Wildman–Crippen MR) is 94.1 cm³/mol. The van der Waals surface area contributed by atoms with Crippen molar-refractivity contribution < 1.29 is 9.90 Å². The number of nitrogens with zero attached hydrogens (tertiary/aromatic N) is 2. The van der Waals surface area contributed by atoms with Gasteiger partial charge in [-0.25, -0.2) is 9.78 Å². The van der Waals surface area contributed by atoms with Crippen molar-refractivity contribution in [1.82, 2.24) is 9.38 Å². The fraction of sp³-hybridized carbons (Fsp3) is 0.222. The Morgan fingerprint density at radius 2 is 2.00 bits per heavy atom. The topological polar surface area (TPSA) is 54.6 Å². The molecule has 0 aliphatic heterocycles. The highest BCUT2D eigenvalue weighted by Crippen LogP contribution is 2.33. The second-order valence-corrected chi connectivity index (χ2v) is 6.88. The molecular formula is C18H18N2O2S. The van der Waals surface area contributed by atoms with Gasteiger partial charge < -0.3 is 5.11 Å². The van der Waals surface area contributed by atoms with Gasteiger partial charge >= 0.3 is 5.97 Å². The number of carbonyl (C=O) groups is 1. The molecule has 0 aliphatic rings. The van der Waals surface area contributed by atoms with E-state index in [4.69, 9.17) is 10.1 Å². The molecule has 0 fully saturated rings. The Hall–Kier alpha value is -2.40. The molecule has 4 nitrogen and oxygen atoms in total. The Balaban J connectivity index is 2.31. The number of carboxylic acid groups (broad SMARTS) is 1. The lowest BCUT2D eigenvalue weighted by Crippen LogP contribution is -1.94.